The monoisotopic (exact) mass is 225 g/mol. The third-order valence-corrected chi connectivity index (χ3v) is 4.76. The van der Waals surface area contributed by atoms with E-state index in [-0.39, 0.29) is 5.54 Å². The van der Waals surface area contributed by atoms with E-state index in [9.17, 15) is 0 Å². The van der Waals surface area contributed by atoms with Crippen LogP contribution in [0.1, 0.15) is 33.6 Å². The molecule has 94 valence electrons. The Morgan fingerprint density at radius 1 is 1.31 bits per heavy atom. The van der Waals surface area contributed by atoms with Gasteiger partial charge in [-0.2, -0.15) is 0 Å². The van der Waals surface area contributed by atoms with Gasteiger partial charge in [-0.25, -0.2) is 0 Å². The van der Waals surface area contributed by atoms with E-state index in [0.717, 1.165) is 12.5 Å². The third-order valence-electron chi connectivity index (χ3n) is 4.76. The molecular weight excluding hydrogens is 198 g/mol. The Morgan fingerprint density at radius 3 is 2.44 bits per heavy atom. The molecule has 3 nitrogen and oxygen atoms in total. The molecule has 1 heterocycles. The van der Waals surface area contributed by atoms with Crippen LogP contribution >= 0.6 is 0 Å². The van der Waals surface area contributed by atoms with Gasteiger partial charge < -0.3 is 5.73 Å². The second kappa shape index (κ2) is 4.63. The van der Waals surface area contributed by atoms with Gasteiger partial charge in [0.2, 0.25) is 0 Å². The maximum atomic E-state index is 6.04. The van der Waals surface area contributed by atoms with Crippen molar-refractivity contribution in [3.05, 3.63) is 0 Å². The second-order valence-corrected chi connectivity index (χ2v) is 5.76. The van der Waals surface area contributed by atoms with E-state index in [1.807, 2.05) is 0 Å². The number of nitrogens with zero attached hydrogens (tertiary/aromatic N) is 2. The largest absolute Gasteiger partial charge is 0.329 e. The first kappa shape index (κ1) is 12.3. The minimum atomic E-state index is 0.272. The zero-order valence-electron chi connectivity index (χ0n) is 11.1. The van der Waals surface area contributed by atoms with E-state index in [0.29, 0.717) is 6.04 Å². The molecular formula is C13H27N3. The van der Waals surface area contributed by atoms with Gasteiger partial charge >= 0.3 is 0 Å². The average Bonchev–Trinajstić information content (AvgIpc) is 3.12. The molecule has 1 aliphatic heterocycles. The van der Waals surface area contributed by atoms with Crippen molar-refractivity contribution < 1.29 is 0 Å². The summed E-state index contributed by atoms with van der Waals surface area (Å²) in [6, 6.07) is 0.684. The van der Waals surface area contributed by atoms with Crippen molar-refractivity contribution in [2.24, 2.45) is 11.7 Å². The van der Waals surface area contributed by atoms with Crippen LogP contribution in [0, 0.1) is 5.92 Å². The van der Waals surface area contributed by atoms with Crippen LogP contribution in [0.3, 0.4) is 0 Å². The zero-order valence-corrected chi connectivity index (χ0v) is 11.1. The summed E-state index contributed by atoms with van der Waals surface area (Å²) in [6.45, 7) is 12.6. The van der Waals surface area contributed by atoms with E-state index in [2.05, 4.69) is 30.6 Å². The molecule has 2 aliphatic rings. The SMILES string of the molecule is CCN1CCN(C(C)(CN)C2CC2)CC1C. The molecule has 2 atom stereocenters. The van der Waals surface area contributed by atoms with Crippen molar-refractivity contribution in [2.75, 3.05) is 32.7 Å². The molecule has 0 bridgehead atoms. The smallest absolute Gasteiger partial charge is 0.0332 e. The molecule has 0 aromatic carbocycles. The van der Waals surface area contributed by atoms with Gasteiger partial charge in [0.15, 0.2) is 0 Å². The lowest BCUT2D eigenvalue weighted by molar-refractivity contribution is 0.00779. The van der Waals surface area contributed by atoms with Gasteiger partial charge in [0.25, 0.3) is 0 Å². The fourth-order valence-corrected chi connectivity index (χ4v) is 3.19. The summed E-state index contributed by atoms with van der Waals surface area (Å²) in [4.78, 5) is 5.22. The molecule has 2 N–H and O–H groups in total. The Balaban J connectivity index is 2.00. The van der Waals surface area contributed by atoms with Gasteiger partial charge in [-0.15, -0.1) is 0 Å². The Hall–Kier alpha value is -0.120. The zero-order chi connectivity index (χ0) is 11.8. The molecule has 1 aliphatic carbocycles. The number of hydrogen-bond acceptors (Lipinski definition) is 3. The Kier molecular flexibility index (Phi) is 3.57. The first-order valence-corrected chi connectivity index (χ1v) is 6.81. The highest BCUT2D eigenvalue weighted by atomic mass is 15.3. The van der Waals surface area contributed by atoms with Gasteiger partial charge in [-0.05, 0) is 39.2 Å². The summed E-state index contributed by atoms with van der Waals surface area (Å²) in [5.41, 5.74) is 6.31. The molecule has 1 saturated carbocycles. The maximum Gasteiger partial charge on any atom is 0.0332 e. The Bertz CT molecular complexity index is 239. The molecule has 0 amide bonds. The number of likely N-dealkylation sites (N-methyl/N-ethyl adjacent to an activating group) is 1. The summed E-state index contributed by atoms with van der Waals surface area (Å²) >= 11 is 0. The van der Waals surface area contributed by atoms with Gasteiger partial charge in [-0.3, -0.25) is 9.80 Å². The quantitative estimate of drug-likeness (QED) is 0.779. The molecule has 2 unspecified atom stereocenters. The lowest BCUT2D eigenvalue weighted by Gasteiger charge is -2.48. The molecule has 16 heavy (non-hydrogen) atoms. The minimum absolute atomic E-state index is 0.272. The average molecular weight is 225 g/mol. The summed E-state index contributed by atoms with van der Waals surface area (Å²) in [6.07, 6.45) is 2.77. The topological polar surface area (TPSA) is 32.5 Å². The van der Waals surface area contributed by atoms with E-state index >= 15 is 0 Å². The molecule has 0 radical (unpaired) electrons. The fraction of sp³-hybridized carbons (Fsp3) is 1.00. The molecule has 3 heteroatoms. The first-order chi connectivity index (χ1) is 7.61. The highest BCUT2D eigenvalue weighted by Gasteiger charge is 2.45. The van der Waals surface area contributed by atoms with Gasteiger partial charge in [0.1, 0.15) is 0 Å². The molecule has 1 saturated heterocycles. The van der Waals surface area contributed by atoms with Crippen LogP contribution in [0.5, 0.6) is 0 Å². The van der Waals surface area contributed by atoms with Gasteiger partial charge in [0.05, 0.1) is 0 Å². The van der Waals surface area contributed by atoms with Crippen molar-refractivity contribution in [3.8, 4) is 0 Å². The lowest BCUT2D eigenvalue weighted by atomic mass is 9.91. The molecule has 2 fully saturated rings. The van der Waals surface area contributed by atoms with Crippen molar-refractivity contribution in [3.63, 3.8) is 0 Å². The first-order valence-electron chi connectivity index (χ1n) is 6.81. The van der Waals surface area contributed by atoms with Crippen LogP contribution in [-0.2, 0) is 0 Å². The lowest BCUT2D eigenvalue weighted by Crippen LogP contribution is -2.62. The second-order valence-electron chi connectivity index (χ2n) is 5.76. The predicted octanol–water partition coefficient (Wildman–Crippen LogP) is 1.14. The molecule has 2 rings (SSSR count). The van der Waals surface area contributed by atoms with Crippen molar-refractivity contribution in [1.82, 2.24) is 9.80 Å². The fourth-order valence-electron chi connectivity index (χ4n) is 3.19. The van der Waals surface area contributed by atoms with Gasteiger partial charge in [0, 0.05) is 37.8 Å². The summed E-state index contributed by atoms with van der Waals surface area (Å²) in [5, 5.41) is 0. The number of hydrogen-bond donors (Lipinski definition) is 1. The predicted molar refractivity (Wildman–Crippen MR) is 68.5 cm³/mol. The number of nitrogens with two attached hydrogens (primary N) is 1. The van der Waals surface area contributed by atoms with Crippen molar-refractivity contribution in [2.45, 2.75) is 45.2 Å². The van der Waals surface area contributed by atoms with Gasteiger partial charge in [-0.1, -0.05) is 6.92 Å². The number of rotatable bonds is 4. The van der Waals surface area contributed by atoms with E-state index in [1.165, 1.54) is 39.0 Å². The van der Waals surface area contributed by atoms with Crippen LogP contribution in [0.4, 0.5) is 0 Å². The van der Waals surface area contributed by atoms with E-state index in [1.54, 1.807) is 0 Å². The van der Waals surface area contributed by atoms with E-state index in [4.69, 9.17) is 5.73 Å². The number of piperazine rings is 1. The van der Waals surface area contributed by atoms with Crippen molar-refractivity contribution in [1.29, 1.82) is 0 Å². The summed E-state index contributed by atoms with van der Waals surface area (Å²) in [5.74, 6) is 0.859. The Labute approximate surface area is 100.0 Å². The molecule has 0 aromatic rings. The molecule has 0 spiro atoms. The highest BCUT2D eigenvalue weighted by Crippen LogP contribution is 2.43. The standard InChI is InChI=1S/C13H27N3/c1-4-15-7-8-16(9-11(15)2)13(3,10-14)12-5-6-12/h11-12H,4-10,14H2,1-3H3. The van der Waals surface area contributed by atoms with E-state index < -0.39 is 0 Å². The van der Waals surface area contributed by atoms with Crippen LogP contribution in [-0.4, -0.2) is 54.1 Å². The summed E-state index contributed by atoms with van der Waals surface area (Å²) < 4.78 is 0. The summed E-state index contributed by atoms with van der Waals surface area (Å²) in [7, 11) is 0. The Morgan fingerprint density at radius 2 is 2.00 bits per heavy atom. The van der Waals surface area contributed by atoms with Crippen LogP contribution in [0.15, 0.2) is 0 Å². The maximum absolute atomic E-state index is 6.04. The third kappa shape index (κ3) is 2.13. The molecule has 0 aromatic heterocycles. The van der Waals surface area contributed by atoms with Crippen molar-refractivity contribution >= 4 is 0 Å². The van der Waals surface area contributed by atoms with Crippen LogP contribution in [0.2, 0.25) is 0 Å². The van der Waals surface area contributed by atoms with Crippen LogP contribution in [0.25, 0.3) is 0 Å². The minimum Gasteiger partial charge on any atom is -0.329 e. The van der Waals surface area contributed by atoms with Crippen LogP contribution < -0.4 is 5.73 Å². The normalized spacial score (nSPS) is 32.6. The highest BCUT2D eigenvalue weighted by molar-refractivity contribution is 5.02.